The molecule has 0 aliphatic carbocycles. The maximum absolute atomic E-state index is 11.9. The van der Waals surface area contributed by atoms with E-state index in [1.165, 1.54) is 7.11 Å². The first kappa shape index (κ1) is 13.9. The van der Waals surface area contributed by atoms with Crippen LogP contribution in [0.1, 0.15) is 10.5 Å². The summed E-state index contributed by atoms with van der Waals surface area (Å²) in [6.07, 6.45) is -0.715. The first-order valence-electron chi connectivity index (χ1n) is 5.83. The molecule has 0 bridgehead atoms. The Bertz CT molecular complexity index is 582. The minimum atomic E-state index is -0.715. The van der Waals surface area contributed by atoms with E-state index in [0.717, 1.165) is 10.9 Å². The van der Waals surface area contributed by atoms with Crippen molar-refractivity contribution in [2.24, 2.45) is 0 Å². The van der Waals surface area contributed by atoms with Crippen molar-refractivity contribution in [1.29, 1.82) is 0 Å². The summed E-state index contributed by atoms with van der Waals surface area (Å²) in [6, 6.07) is 7.07. The normalized spacial score (nSPS) is 12.6. The number of ether oxygens (including phenoxy) is 1. The first-order valence-corrected chi connectivity index (χ1v) is 6.21. The summed E-state index contributed by atoms with van der Waals surface area (Å²) < 4.78 is 4.78. The highest BCUT2D eigenvalue weighted by atomic mass is 35.5. The number of methoxy groups -OCH3 is 1. The number of aliphatic hydroxyl groups is 1. The Balaban J connectivity index is 2.05. The number of halogens is 1. The Labute approximate surface area is 115 Å². The summed E-state index contributed by atoms with van der Waals surface area (Å²) in [7, 11) is 1.49. The van der Waals surface area contributed by atoms with Crippen molar-refractivity contribution in [3.8, 4) is 0 Å². The highest BCUT2D eigenvalue weighted by Crippen LogP contribution is 2.19. The molecule has 1 aromatic carbocycles. The third kappa shape index (κ3) is 3.47. The van der Waals surface area contributed by atoms with Crippen LogP contribution in [-0.2, 0) is 4.74 Å². The summed E-state index contributed by atoms with van der Waals surface area (Å²) in [5, 5.41) is 13.6. The lowest BCUT2D eigenvalue weighted by Gasteiger charge is -2.09. The van der Waals surface area contributed by atoms with Gasteiger partial charge in [-0.3, -0.25) is 4.79 Å². The van der Waals surface area contributed by atoms with E-state index in [9.17, 15) is 9.90 Å². The summed E-state index contributed by atoms with van der Waals surface area (Å²) in [5.74, 6) is -0.275. The minimum Gasteiger partial charge on any atom is -0.389 e. The van der Waals surface area contributed by atoms with Crippen LogP contribution in [0.15, 0.2) is 24.3 Å². The number of amides is 1. The van der Waals surface area contributed by atoms with Gasteiger partial charge in [-0.05, 0) is 24.3 Å². The summed E-state index contributed by atoms with van der Waals surface area (Å²) in [5.41, 5.74) is 1.27. The van der Waals surface area contributed by atoms with Gasteiger partial charge in [0.15, 0.2) is 0 Å². The molecule has 1 atom stereocenters. The van der Waals surface area contributed by atoms with Crippen LogP contribution in [0.2, 0.25) is 5.02 Å². The molecule has 19 heavy (non-hydrogen) atoms. The van der Waals surface area contributed by atoms with Crippen LogP contribution in [0.4, 0.5) is 0 Å². The second kappa shape index (κ2) is 6.06. The predicted molar refractivity (Wildman–Crippen MR) is 73.5 cm³/mol. The van der Waals surface area contributed by atoms with Gasteiger partial charge in [0, 0.05) is 29.6 Å². The molecule has 1 amide bonds. The number of H-pyrrole nitrogens is 1. The molecule has 2 aromatic rings. The molecule has 0 saturated heterocycles. The van der Waals surface area contributed by atoms with Crippen LogP contribution in [-0.4, -0.2) is 42.4 Å². The molecule has 0 fully saturated rings. The molecule has 1 unspecified atom stereocenters. The van der Waals surface area contributed by atoms with Gasteiger partial charge < -0.3 is 20.1 Å². The lowest BCUT2D eigenvalue weighted by atomic mass is 10.2. The van der Waals surface area contributed by atoms with Gasteiger partial charge in [-0.1, -0.05) is 11.6 Å². The second-order valence-electron chi connectivity index (χ2n) is 4.23. The zero-order chi connectivity index (χ0) is 13.8. The molecule has 1 aromatic heterocycles. The van der Waals surface area contributed by atoms with Crippen LogP contribution >= 0.6 is 11.6 Å². The molecular weight excluding hydrogens is 268 g/mol. The maximum Gasteiger partial charge on any atom is 0.267 e. The fourth-order valence-electron chi connectivity index (χ4n) is 1.78. The number of aliphatic hydroxyl groups excluding tert-OH is 1. The van der Waals surface area contributed by atoms with Gasteiger partial charge in [-0.2, -0.15) is 0 Å². The molecule has 0 saturated carbocycles. The smallest absolute Gasteiger partial charge is 0.267 e. The van der Waals surface area contributed by atoms with Crippen molar-refractivity contribution in [2.75, 3.05) is 20.3 Å². The topological polar surface area (TPSA) is 74.3 Å². The van der Waals surface area contributed by atoms with E-state index >= 15 is 0 Å². The third-order valence-corrected chi connectivity index (χ3v) is 2.92. The quantitative estimate of drug-likeness (QED) is 0.779. The van der Waals surface area contributed by atoms with Crippen molar-refractivity contribution in [3.63, 3.8) is 0 Å². The van der Waals surface area contributed by atoms with Crippen molar-refractivity contribution in [3.05, 3.63) is 35.0 Å². The van der Waals surface area contributed by atoms with Crippen molar-refractivity contribution < 1.29 is 14.6 Å². The molecular formula is C13H15ClN2O3. The average molecular weight is 283 g/mol. The zero-order valence-corrected chi connectivity index (χ0v) is 11.2. The summed E-state index contributed by atoms with van der Waals surface area (Å²) in [4.78, 5) is 14.9. The number of benzene rings is 1. The van der Waals surface area contributed by atoms with E-state index in [4.69, 9.17) is 16.3 Å². The molecule has 0 aliphatic heterocycles. The number of aromatic amines is 1. The Morgan fingerprint density at radius 2 is 2.32 bits per heavy atom. The van der Waals surface area contributed by atoms with E-state index in [1.807, 2.05) is 6.07 Å². The highest BCUT2D eigenvalue weighted by molar-refractivity contribution is 6.31. The van der Waals surface area contributed by atoms with Crippen molar-refractivity contribution in [1.82, 2.24) is 10.3 Å². The zero-order valence-electron chi connectivity index (χ0n) is 10.4. The van der Waals surface area contributed by atoms with Crippen LogP contribution in [0.5, 0.6) is 0 Å². The second-order valence-corrected chi connectivity index (χ2v) is 4.67. The molecule has 5 nitrogen and oxygen atoms in total. The van der Waals surface area contributed by atoms with Crippen LogP contribution in [0, 0.1) is 0 Å². The van der Waals surface area contributed by atoms with E-state index in [0.29, 0.717) is 10.7 Å². The van der Waals surface area contributed by atoms with Gasteiger partial charge >= 0.3 is 0 Å². The predicted octanol–water partition coefficient (Wildman–Crippen LogP) is 1.56. The monoisotopic (exact) mass is 282 g/mol. The third-order valence-electron chi connectivity index (χ3n) is 2.68. The van der Waals surface area contributed by atoms with E-state index < -0.39 is 6.10 Å². The molecule has 0 radical (unpaired) electrons. The number of fused-ring (bicyclic) bond motifs is 1. The van der Waals surface area contributed by atoms with Crippen LogP contribution in [0.3, 0.4) is 0 Å². The first-order chi connectivity index (χ1) is 9.10. The lowest BCUT2D eigenvalue weighted by molar-refractivity contribution is 0.0609. The summed E-state index contributed by atoms with van der Waals surface area (Å²) >= 11 is 5.88. The minimum absolute atomic E-state index is 0.142. The molecule has 0 spiro atoms. The van der Waals surface area contributed by atoms with E-state index in [1.54, 1.807) is 18.2 Å². The fourth-order valence-corrected chi connectivity index (χ4v) is 1.96. The largest absolute Gasteiger partial charge is 0.389 e. The Kier molecular flexibility index (Phi) is 4.42. The number of rotatable bonds is 5. The molecule has 1 heterocycles. The molecule has 102 valence electrons. The van der Waals surface area contributed by atoms with Gasteiger partial charge in [0.1, 0.15) is 5.69 Å². The van der Waals surface area contributed by atoms with Crippen molar-refractivity contribution in [2.45, 2.75) is 6.10 Å². The van der Waals surface area contributed by atoms with E-state index in [-0.39, 0.29) is 19.1 Å². The van der Waals surface area contributed by atoms with Crippen molar-refractivity contribution >= 4 is 28.4 Å². The van der Waals surface area contributed by atoms with Crippen LogP contribution in [0.25, 0.3) is 10.9 Å². The van der Waals surface area contributed by atoms with Crippen LogP contribution < -0.4 is 5.32 Å². The fraction of sp³-hybridized carbons (Fsp3) is 0.308. The Morgan fingerprint density at radius 1 is 1.53 bits per heavy atom. The van der Waals surface area contributed by atoms with Gasteiger partial charge in [0.25, 0.3) is 5.91 Å². The molecule has 2 rings (SSSR count). The summed E-state index contributed by atoms with van der Waals surface area (Å²) in [6.45, 7) is 0.325. The standard InChI is InChI=1S/C13H15ClN2O3/c1-19-7-10(17)6-15-13(18)12-5-8-4-9(14)2-3-11(8)16-12/h2-5,10,16-17H,6-7H2,1H3,(H,15,18). The molecule has 0 aliphatic rings. The lowest BCUT2D eigenvalue weighted by Crippen LogP contribution is -2.34. The van der Waals surface area contributed by atoms with Gasteiger partial charge in [0.2, 0.25) is 0 Å². The number of hydrogen-bond donors (Lipinski definition) is 3. The number of carbonyl (C=O) groups is 1. The van der Waals surface area contributed by atoms with Gasteiger partial charge in [0.05, 0.1) is 12.7 Å². The molecule has 6 heteroatoms. The Morgan fingerprint density at radius 3 is 3.05 bits per heavy atom. The number of aromatic nitrogens is 1. The van der Waals surface area contributed by atoms with Gasteiger partial charge in [-0.15, -0.1) is 0 Å². The van der Waals surface area contributed by atoms with Gasteiger partial charge in [-0.25, -0.2) is 0 Å². The number of nitrogens with one attached hydrogen (secondary N) is 2. The maximum atomic E-state index is 11.9. The highest BCUT2D eigenvalue weighted by Gasteiger charge is 2.11. The Hall–Kier alpha value is -1.56. The van der Waals surface area contributed by atoms with E-state index in [2.05, 4.69) is 10.3 Å². The number of carbonyl (C=O) groups excluding carboxylic acids is 1. The SMILES string of the molecule is COCC(O)CNC(=O)c1cc2cc(Cl)ccc2[nH]1. The molecule has 3 N–H and O–H groups in total. The average Bonchev–Trinajstić information content (AvgIpc) is 2.79. The number of hydrogen-bond acceptors (Lipinski definition) is 3.